The molecule has 1 atom stereocenters. The van der Waals surface area contributed by atoms with Gasteiger partial charge in [0.05, 0.1) is 30.5 Å². The number of fused-ring (bicyclic) bond motifs is 1. The minimum absolute atomic E-state index is 0.150. The molecule has 8 heteroatoms. The molecule has 0 aliphatic carbocycles. The summed E-state index contributed by atoms with van der Waals surface area (Å²) in [4.78, 5) is 15.6. The summed E-state index contributed by atoms with van der Waals surface area (Å²) in [5.41, 5.74) is 6.23. The number of nitrogens with zero attached hydrogens (tertiary/aromatic N) is 1. The fraction of sp³-hybridized carbons (Fsp3) is 0.353. The topological polar surface area (TPSA) is 110 Å². The van der Waals surface area contributed by atoms with Gasteiger partial charge in [-0.25, -0.2) is 0 Å². The lowest BCUT2D eigenvalue weighted by molar-refractivity contribution is 0.102. The number of hydrogen-bond acceptors (Lipinski definition) is 7. The molecular formula is C34H45N5O3. The van der Waals surface area contributed by atoms with Gasteiger partial charge in [-0.2, -0.15) is 0 Å². The Labute approximate surface area is 250 Å². The zero-order valence-corrected chi connectivity index (χ0v) is 25.2. The first-order valence-electron chi connectivity index (χ1n) is 14.7. The van der Waals surface area contributed by atoms with E-state index in [-0.39, 0.29) is 17.8 Å². The molecule has 0 bridgehead atoms. The molecule has 1 fully saturated rings. The Morgan fingerprint density at radius 2 is 1.86 bits per heavy atom. The molecule has 1 saturated heterocycles. The lowest BCUT2D eigenvalue weighted by Crippen LogP contribution is -2.22. The zero-order chi connectivity index (χ0) is 30.3. The van der Waals surface area contributed by atoms with E-state index in [1.165, 1.54) is 19.1 Å². The summed E-state index contributed by atoms with van der Waals surface area (Å²) in [6.45, 7) is 9.02. The molecule has 224 valence electrons. The monoisotopic (exact) mass is 571 g/mol. The molecular weight excluding hydrogens is 526 g/mol. The number of aliphatic hydroxyl groups is 1. The van der Waals surface area contributed by atoms with Gasteiger partial charge >= 0.3 is 0 Å². The summed E-state index contributed by atoms with van der Waals surface area (Å²) < 4.78 is 5.11. The molecule has 2 aromatic rings. The van der Waals surface area contributed by atoms with E-state index in [1.807, 2.05) is 69.3 Å². The normalized spacial score (nSPS) is 17.1. The maximum Gasteiger partial charge on any atom is 0.255 e. The van der Waals surface area contributed by atoms with Crippen molar-refractivity contribution < 1.29 is 14.6 Å². The third-order valence-corrected chi connectivity index (χ3v) is 6.93. The third-order valence-electron chi connectivity index (χ3n) is 6.93. The first-order chi connectivity index (χ1) is 20.4. The Balaban J connectivity index is 0.00000237. The second-order valence-corrected chi connectivity index (χ2v) is 10.2. The minimum Gasteiger partial charge on any atom is -0.512 e. The maximum absolute atomic E-state index is 13.1. The van der Waals surface area contributed by atoms with Crippen LogP contribution in [0.3, 0.4) is 0 Å². The highest BCUT2D eigenvalue weighted by molar-refractivity contribution is 6.06. The average Bonchev–Trinajstić information content (AvgIpc) is 3.66. The van der Waals surface area contributed by atoms with Gasteiger partial charge in [0.2, 0.25) is 0 Å². The number of carbonyl (C=O) groups is 1. The van der Waals surface area contributed by atoms with Gasteiger partial charge < -0.3 is 31.2 Å². The number of amides is 1. The number of carbonyl (C=O) groups excluding carboxylic acids is 1. The molecule has 0 aromatic heterocycles. The van der Waals surface area contributed by atoms with Gasteiger partial charge in [0.25, 0.3) is 5.91 Å². The number of rotatable bonds is 12. The molecule has 2 aliphatic heterocycles. The number of allylic oxidation sites excluding steroid dienone is 6. The van der Waals surface area contributed by atoms with Crippen LogP contribution in [0.15, 0.2) is 89.9 Å². The third kappa shape index (κ3) is 9.66. The number of likely N-dealkylation sites (tertiary alicyclic amines) is 1. The quantitative estimate of drug-likeness (QED) is 0.102. The van der Waals surface area contributed by atoms with Gasteiger partial charge in [-0.3, -0.25) is 9.69 Å². The Morgan fingerprint density at radius 3 is 2.60 bits per heavy atom. The van der Waals surface area contributed by atoms with Crippen LogP contribution in [0.1, 0.15) is 62.4 Å². The van der Waals surface area contributed by atoms with Gasteiger partial charge in [0.1, 0.15) is 6.17 Å². The van der Waals surface area contributed by atoms with Crippen LogP contribution in [-0.2, 0) is 11.3 Å². The SMILES string of the molecule is CC.CO/C=C(/C=C\C=N)C/C(C)=C/C=C(/O)CC1Nc2ccc(C(=O)Nc3ccccc3CN3CCCC3)cc2N1. The highest BCUT2D eigenvalue weighted by Gasteiger charge is 2.22. The number of nitrogens with one attached hydrogen (secondary N) is 4. The number of anilines is 3. The minimum atomic E-state index is -0.195. The molecule has 0 spiro atoms. The van der Waals surface area contributed by atoms with Crippen molar-refractivity contribution >= 4 is 29.2 Å². The van der Waals surface area contributed by atoms with Crippen LogP contribution in [0.4, 0.5) is 17.1 Å². The lowest BCUT2D eigenvalue weighted by atomic mass is 10.1. The Hall–Kier alpha value is -4.30. The van der Waals surface area contributed by atoms with Crippen LogP contribution in [-0.4, -0.2) is 48.5 Å². The Bertz CT molecular complexity index is 1320. The number of hydrogen-bond donors (Lipinski definition) is 5. The van der Waals surface area contributed by atoms with Crippen molar-refractivity contribution in [2.24, 2.45) is 0 Å². The molecule has 1 unspecified atom stereocenters. The molecule has 8 nitrogen and oxygen atoms in total. The smallest absolute Gasteiger partial charge is 0.255 e. The number of para-hydroxylation sites is 1. The molecule has 0 radical (unpaired) electrons. The fourth-order valence-corrected chi connectivity index (χ4v) is 4.96. The molecule has 1 amide bonds. The first-order valence-corrected chi connectivity index (χ1v) is 14.7. The first kappa shape index (κ1) is 32.2. The number of aliphatic hydroxyl groups excluding tert-OH is 1. The van der Waals surface area contributed by atoms with E-state index in [1.54, 1.807) is 25.5 Å². The van der Waals surface area contributed by atoms with E-state index in [0.717, 1.165) is 53.4 Å². The van der Waals surface area contributed by atoms with Crippen molar-refractivity contribution in [2.45, 2.75) is 59.2 Å². The van der Waals surface area contributed by atoms with E-state index in [4.69, 9.17) is 10.1 Å². The average molecular weight is 572 g/mol. The van der Waals surface area contributed by atoms with Gasteiger partial charge in [0.15, 0.2) is 0 Å². The van der Waals surface area contributed by atoms with Crippen molar-refractivity contribution in [3.63, 3.8) is 0 Å². The van der Waals surface area contributed by atoms with Crippen LogP contribution >= 0.6 is 0 Å². The van der Waals surface area contributed by atoms with E-state index in [0.29, 0.717) is 18.4 Å². The molecule has 2 aliphatic rings. The van der Waals surface area contributed by atoms with Crippen molar-refractivity contribution in [1.29, 1.82) is 5.41 Å². The highest BCUT2D eigenvalue weighted by Crippen LogP contribution is 2.32. The van der Waals surface area contributed by atoms with Gasteiger partial charge in [-0.05, 0) is 86.8 Å². The molecule has 2 aromatic carbocycles. The van der Waals surface area contributed by atoms with Crippen molar-refractivity contribution in [2.75, 3.05) is 36.1 Å². The van der Waals surface area contributed by atoms with Gasteiger partial charge in [0, 0.05) is 30.4 Å². The summed E-state index contributed by atoms with van der Waals surface area (Å²) in [6, 6.07) is 13.5. The molecule has 4 rings (SSSR count). The number of benzene rings is 2. The van der Waals surface area contributed by atoms with E-state index < -0.39 is 0 Å². The Kier molecular flexibility index (Phi) is 12.9. The van der Waals surface area contributed by atoms with Crippen LogP contribution in [0.2, 0.25) is 0 Å². The summed E-state index contributed by atoms with van der Waals surface area (Å²) in [7, 11) is 1.59. The van der Waals surface area contributed by atoms with E-state index >= 15 is 0 Å². The van der Waals surface area contributed by atoms with Crippen molar-refractivity contribution in [1.82, 2.24) is 4.90 Å². The van der Waals surface area contributed by atoms with Gasteiger partial charge in [-0.15, -0.1) is 0 Å². The second kappa shape index (κ2) is 16.8. The van der Waals surface area contributed by atoms with Crippen LogP contribution < -0.4 is 16.0 Å². The predicted molar refractivity (Wildman–Crippen MR) is 174 cm³/mol. The molecule has 42 heavy (non-hydrogen) atoms. The van der Waals surface area contributed by atoms with Crippen LogP contribution in [0.25, 0.3) is 0 Å². The van der Waals surface area contributed by atoms with E-state index in [2.05, 4.69) is 26.9 Å². The van der Waals surface area contributed by atoms with Crippen molar-refractivity contribution in [3.05, 3.63) is 101 Å². The molecule has 0 saturated carbocycles. The van der Waals surface area contributed by atoms with Crippen LogP contribution in [0.5, 0.6) is 0 Å². The predicted octanol–water partition coefficient (Wildman–Crippen LogP) is 7.63. The summed E-state index contributed by atoms with van der Waals surface area (Å²) in [6.07, 6.45) is 13.2. The fourth-order valence-electron chi connectivity index (χ4n) is 4.96. The number of ether oxygens (including phenoxy) is 1. The maximum atomic E-state index is 13.1. The van der Waals surface area contributed by atoms with Crippen LogP contribution in [0, 0.1) is 5.41 Å². The summed E-state index contributed by atoms with van der Waals surface area (Å²) in [5, 5.41) is 27.5. The van der Waals surface area contributed by atoms with Gasteiger partial charge in [-0.1, -0.05) is 49.8 Å². The van der Waals surface area contributed by atoms with E-state index in [9.17, 15) is 9.90 Å². The summed E-state index contributed by atoms with van der Waals surface area (Å²) >= 11 is 0. The lowest BCUT2D eigenvalue weighted by Gasteiger charge is -2.18. The second-order valence-electron chi connectivity index (χ2n) is 10.2. The van der Waals surface area contributed by atoms with Crippen molar-refractivity contribution in [3.8, 4) is 0 Å². The highest BCUT2D eigenvalue weighted by atomic mass is 16.5. The molecule has 5 N–H and O–H groups in total. The standard InChI is InChI=1S/C32H39N5O3.C2H6/c1-23(18-24(22-40-2)8-7-15-33)11-13-27(38)20-31-34-29-14-12-25(19-30(29)35-31)32(39)36-28-10-4-3-9-26(28)21-37-16-5-6-17-37;1-2/h3-4,7-15,19,22,31,33-35,38H,5-6,16-18,20-21H2,1-2H3,(H,36,39);1-2H3/b8-7-,23-11+,24-22-,27-13+,33-15?;. The number of methoxy groups -OCH3 is 1. The largest absolute Gasteiger partial charge is 0.512 e. The molecule has 2 heterocycles. The Morgan fingerprint density at radius 1 is 1.12 bits per heavy atom. The summed E-state index contributed by atoms with van der Waals surface area (Å²) in [5.74, 6) is 0.0830. The zero-order valence-electron chi connectivity index (χ0n) is 25.2.